The molecular weight excluding hydrogens is 206 g/mol. The lowest BCUT2D eigenvalue weighted by molar-refractivity contribution is -0.139. The molecule has 0 aromatic heterocycles. The van der Waals surface area contributed by atoms with E-state index in [0.717, 1.165) is 5.56 Å². The molecule has 1 atom stereocenters. The standard InChI is InChI=1S/C12H15NO3/c1-9(14)13-12(2,8-11(15)16)10-6-4-3-5-7-10/h3-7H,8H2,1-2H3,(H,13,14)(H,15,16). The fraction of sp³-hybridized carbons (Fsp3) is 0.333. The van der Waals surface area contributed by atoms with Crippen molar-refractivity contribution in [3.8, 4) is 0 Å². The van der Waals surface area contributed by atoms with E-state index in [4.69, 9.17) is 5.11 Å². The molecule has 0 bridgehead atoms. The van der Waals surface area contributed by atoms with Gasteiger partial charge in [-0.1, -0.05) is 30.3 Å². The van der Waals surface area contributed by atoms with Crippen molar-refractivity contribution in [2.75, 3.05) is 0 Å². The second kappa shape index (κ2) is 4.79. The number of benzene rings is 1. The molecule has 2 N–H and O–H groups in total. The van der Waals surface area contributed by atoms with E-state index >= 15 is 0 Å². The number of carbonyl (C=O) groups is 2. The minimum absolute atomic E-state index is 0.142. The van der Waals surface area contributed by atoms with Crippen LogP contribution in [0.4, 0.5) is 0 Å². The molecule has 0 saturated heterocycles. The van der Waals surface area contributed by atoms with Gasteiger partial charge in [-0.05, 0) is 12.5 Å². The van der Waals surface area contributed by atoms with E-state index in [0.29, 0.717) is 0 Å². The second-order valence-electron chi connectivity index (χ2n) is 3.95. The first-order valence-electron chi connectivity index (χ1n) is 5.00. The van der Waals surface area contributed by atoms with Crippen LogP contribution in [0.2, 0.25) is 0 Å². The summed E-state index contributed by atoms with van der Waals surface area (Å²) in [7, 11) is 0. The summed E-state index contributed by atoms with van der Waals surface area (Å²) in [5.74, 6) is -1.19. The highest BCUT2D eigenvalue weighted by Gasteiger charge is 2.30. The highest BCUT2D eigenvalue weighted by molar-refractivity contribution is 5.76. The van der Waals surface area contributed by atoms with Crippen LogP contribution in [0.5, 0.6) is 0 Å². The van der Waals surface area contributed by atoms with Gasteiger partial charge in [0.1, 0.15) is 0 Å². The highest BCUT2D eigenvalue weighted by atomic mass is 16.4. The quantitative estimate of drug-likeness (QED) is 0.810. The van der Waals surface area contributed by atoms with Gasteiger partial charge in [0.15, 0.2) is 0 Å². The van der Waals surface area contributed by atoms with Crippen LogP contribution in [0, 0.1) is 0 Å². The van der Waals surface area contributed by atoms with Gasteiger partial charge in [0.05, 0.1) is 12.0 Å². The first-order chi connectivity index (χ1) is 7.44. The van der Waals surface area contributed by atoms with Gasteiger partial charge in [0.2, 0.25) is 5.91 Å². The molecule has 1 aromatic carbocycles. The molecule has 1 rings (SSSR count). The van der Waals surface area contributed by atoms with E-state index < -0.39 is 11.5 Å². The lowest BCUT2D eigenvalue weighted by Crippen LogP contribution is -2.44. The van der Waals surface area contributed by atoms with E-state index in [1.807, 2.05) is 18.2 Å². The summed E-state index contributed by atoms with van der Waals surface area (Å²) >= 11 is 0. The second-order valence-corrected chi connectivity index (χ2v) is 3.95. The van der Waals surface area contributed by atoms with Gasteiger partial charge in [-0.3, -0.25) is 9.59 Å². The number of carbonyl (C=O) groups excluding carboxylic acids is 1. The average molecular weight is 221 g/mol. The average Bonchev–Trinajstić information content (AvgIpc) is 2.16. The van der Waals surface area contributed by atoms with Crippen LogP contribution in [0.15, 0.2) is 30.3 Å². The van der Waals surface area contributed by atoms with Gasteiger partial charge in [-0.2, -0.15) is 0 Å². The Labute approximate surface area is 94.3 Å². The van der Waals surface area contributed by atoms with Gasteiger partial charge >= 0.3 is 5.97 Å². The molecule has 0 spiro atoms. The zero-order chi connectivity index (χ0) is 12.2. The number of aliphatic carboxylic acids is 1. The van der Waals surface area contributed by atoms with Crippen LogP contribution >= 0.6 is 0 Å². The molecule has 0 radical (unpaired) electrons. The van der Waals surface area contributed by atoms with Crippen LogP contribution in [-0.4, -0.2) is 17.0 Å². The summed E-state index contributed by atoms with van der Waals surface area (Å²) < 4.78 is 0. The number of amides is 1. The van der Waals surface area contributed by atoms with Gasteiger partial charge in [-0.25, -0.2) is 0 Å². The third-order valence-electron chi connectivity index (χ3n) is 2.37. The van der Waals surface area contributed by atoms with E-state index in [1.54, 1.807) is 19.1 Å². The Hall–Kier alpha value is -1.84. The number of nitrogens with one attached hydrogen (secondary N) is 1. The Morgan fingerprint density at radius 2 is 1.88 bits per heavy atom. The molecule has 0 fully saturated rings. The van der Waals surface area contributed by atoms with E-state index in [-0.39, 0.29) is 12.3 Å². The number of hydrogen-bond acceptors (Lipinski definition) is 2. The lowest BCUT2D eigenvalue weighted by atomic mass is 9.88. The Morgan fingerprint density at radius 1 is 1.31 bits per heavy atom. The minimum atomic E-state index is -0.944. The molecule has 0 aliphatic carbocycles. The van der Waals surface area contributed by atoms with Crippen molar-refractivity contribution in [3.63, 3.8) is 0 Å². The minimum Gasteiger partial charge on any atom is -0.481 e. The van der Waals surface area contributed by atoms with Crippen LogP contribution in [0.25, 0.3) is 0 Å². The van der Waals surface area contributed by atoms with Crippen LogP contribution in [0.1, 0.15) is 25.8 Å². The maximum Gasteiger partial charge on any atom is 0.306 e. The predicted octanol–water partition coefficient (Wildman–Crippen LogP) is 1.51. The predicted molar refractivity (Wildman–Crippen MR) is 59.9 cm³/mol. The van der Waals surface area contributed by atoms with Gasteiger partial charge < -0.3 is 10.4 Å². The first-order valence-corrected chi connectivity index (χ1v) is 5.00. The number of rotatable bonds is 4. The molecule has 1 amide bonds. The summed E-state index contributed by atoms with van der Waals surface area (Å²) in [6, 6.07) is 9.09. The SMILES string of the molecule is CC(=O)NC(C)(CC(=O)O)c1ccccc1. The lowest BCUT2D eigenvalue weighted by Gasteiger charge is -2.29. The topological polar surface area (TPSA) is 66.4 Å². The summed E-state index contributed by atoms with van der Waals surface area (Å²) in [5, 5.41) is 11.6. The molecule has 86 valence electrons. The largest absolute Gasteiger partial charge is 0.481 e. The molecule has 4 nitrogen and oxygen atoms in total. The van der Waals surface area contributed by atoms with Crippen molar-refractivity contribution in [1.29, 1.82) is 0 Å². The van der Waals surface area contributed by atoms with Crippen molar-refractivity contribution in [2.45, 2.75) is 25.8 Å². The number of carboxylic acids is 1. The Kier molecular flexibility index (Phi) is 3.66. The molecule has 1 unspecified atom stereocenters. The molecule has 0 heterocycles. The van der Waals surface area contributed by atoms with Crippen molar-refractivity contribution < 1.29 is 14.7 Å². The smallest absolute Gasteiger partial charge is 0.306 e. The molecule has 4 heteroatoms. The summed E-state index contributed by atoms with van der Waals surface area (Å²) in [6.45, 7) is 3.08. The highest BCUT2D eigenvalue weighted by Crippen LogP contribution is 2.24. The summed E-state index contributed by atoms with van der Waals surface area (Å²) in [6.07, 6.45) is -0.142. The van der Waals surface area contributed by atoms with Crippen molar-refractivity contribution in [3.05, 3.63) is 35.9 Å². The molecular formula is C12H15NO3. The maximum atomic E-state index is 11.1. The van der Waals surface area contributed by atoms with Crippen molar-refractivity contribution >= 4 is 11.9 Å². The van der Waals surface area contributed by atoms with Crippen LogP contribution in [-0.2, 0) is 15.1 Å². The fourth-order valence-electron chi connectivity index (χ4n) is 1.72. The van der Waals surface area contributed by atoms with E-state index in [1.165, 1.54) is 6.92 Å². The summed E-state index contributed by atoms with van der Waals surface area (Å²) in [4.78, 5) is 21.9. The Balaban J connectivity index is 3.04. The fourth-order valence-corrected chi connectivity index (χ4v) is 1.72. The monoisotopic (exact) mass is 221 g/mol. The zero-order valence-corrected chi connectivity index (χ0v) is 9.36. The van der Waals surface area contributed by atoms with E-state index in [9.17, 15) is 9.59 Å². The van der Waals surface area contributed by atoms with Gasteiger partial charge in [0, 0.05) is 6.92 Å². The summed E-state index contributed by atoms with van der Waals surface area (Å²) in [5.41, 5.74) is -0.0774. The Morgan fingerprint density at radius 3 is 2.31 bits per heavy atom. The molecule has 0 aliphatic rings. The molecule has 0 saturated carbocycles. The van der Waals surface area contributed by atoms with Gasteiger partial charge in [-0.15, -0.1) is 0 Å². The third kappa shape index (κ3) is 3.08. The Bertz CT molecular complexity index is 371. The van der Waals surface area contributed by atoms with Crippen LogP contribution < -0.4 is 5.32 Å². The van der Waals surface area contributed by atoms with E-state index in [2.05, 4.69) is 5.32 Å². The van der Waals surface area contributed by atoms with Crippen molar-refractivity contribution in [1.82, 2.24) is 5.32 Å². The molecule has 0 aliphatic heterocycles. The third-order valence-corrected chi connectivity index (χ3v) is 2.37. The van der Waals surface area contributed by atoms with Crippen LogP contribution in [0.3, 0.4) is 0 Å². The molecule has 16 heavy (non-hydrogen) atoms. The van der Waals surface area contributed by atoms with Crippen molar-refractivity contribution in [2.24, 2.45) is 0 Å². The number of carboxylic acid groups (broad SMARTS) is 1. The number of hydrogen-bond donors (Lipinski definition) is 2. The zero-order valence-electron chi connectivity index (χ0n) is 9.36. The first kappa shape index (κ1) is 12.2. The normalized spacial score (nSPS) is 13.9. The van der Waals surface area contributed by atoms with Gasteiger partial charge in [0.25, 0.3) is 0 Å². The molecule has 1 aromatic rings. The maximum absolute atomic E-state index is 11.1.